The van der Waals surface area contributed by atoms with Crippen LogP contribution >= 0.6 is 11.6 Å². The Morgan fingerprint density at radius 2 is 1.86 bits per heavy atom. The maximum Gasteiger partial charge on any atom is 0.228 e. The first-order valence-electron chi connectivity index (χ1n) is 5.17. The molecule has 0 spiro atoms. The van der Waals surface area contributed by atoms with Gasteiger partial charge in [-0.05, 0) is 12.8 Å². The van der Waals surface area contributed by atoms with Crippen molar-refractivity contribution < 1.29 is 8.42 Å². The van der Waals surface area contributed by atoms with Crippen LogP contribution in [-0.2, 0) is 10.0 Å². The van der Waals surface area contributed by atoms with Crippen molar-refractivity contribution in [3.63, 3.8) is 0 Å². The monoisotopic (exact) mass is 239 g/mol. The van der Waals surface area contributed by atoms with Crippen LogP contribution in [0.2, 0.25) is 0 Å². The molecule has 0 saturated heterocycles. The van der Waals surface area contributed by atoms with Gasteiger partial charge in [-0.15, -0.1) is 11.6 Å². The van der Waals surface area contributed by atoms with Gasteiger partial charge in [-0.1, -0.05) is 26.2 Å². The molecule has 0 aromatic carbocycles. The summed E-state index contributed by atoms with van der Waals surface area (Å²) in [6.07, 6.45) is 5.49. The zero-order chi connectivity index (χ0) is 10.6. The highest BCUT2D eigenvalue weighted by Gasteiger charge is 2.28. The molecule has 0 atom stereocenters. The summed E-state index contributed by atoms with van der Waals surface area (Å²) in [4.78, 5) is 0. The molecule has 1 rings (SSSR count). The van der Waals surface area contributed by atoms with E-state index in [2.05, 4.69) is 0 Å². The zero-order valence-electron chi connectivity index (χ0n) is 8.58. The van der Waals surface area contributed by atoms with Gasteiger partial charge in [0.2, 0.25) is 10.0 Å². The van der Waals surface area contributed by atoms with Crippen LogP contribution in [0.25, 0.3) is 0 Å². The first-order valence-corrected chi connectivity index (χ1v) is 7.31. The Labute approximate surface area is 91.5 Å². The summed E-state index contributed by atoms with van der Waals surface area (Å²) in [5, 5.41) is -0.294. The Morgan fingerprint density at radius 3 is 2.29 bits per heavy atom. The molecule has 14 heavy (non-hydrogen) atoms. The Balaban J connectivity index is 2.70. The van der Waals surface area contributed by atoms with E-state index in [0.717, 1.165) is 25.7 Å². The van der Waals surface area contributed by atoms with Crippen LogP contribution in [0.4, 0.5) is 0 Å². The van der Waals surface area contributed by atoms with Crippen LogP contribution in [-0.4, -0.2) is 30.5 Å². The van der Waals surface area contributed by atoms with Gasteiger partial charge in [0.1, 0.15) is 5.21 Å². The number of sulfonamides is 1. The van der Waals surface area contributed by atoms with Crippen LogP contribution < -0.4 is 0 Å². The predicted molar refractivity (Wildman–Crippen MR) is 58.9 cm³/mol. The molecular formula is C9H18ClNO2S. The van der Waals surface area contributed by atoms with E-state index in [-0.39, 0.29) is 11.3 Å². The van der Waals surface area contributed by atoms with Gasteiger partial charge in [-0.25, -0.2) is 8.42 Å². The third-order valence-corrected chi connectivity index (χ3v) is 5.16. The molecule has 0 aromatic rings. The maximum atomic E-state index is 11.6. The van der Waals surface area contributed by atoms with Gasteiger partial charge < -0.3 is 0 Å². The lowest BCUT2D eigenvalue weighted by molar-refractivity contribution is 0.262. The number of halogens is 1. The molecule has 0 heterocycles. The summed E-state index contributed by atoms with van der Waals surface area (Å²) < 4.78 is 24.8. The fourth-order valence-corrected chi connectivity index (χ4v) is 3.67. The van der Waals surface area contributed by atoms with Crippen LogP contribution in [0.15, 0.2) is 0 Å². The lowest BCUT2D eigenvalue weighted by atomic mass is 9.95. The summed E-state index contributed by atoms with van der Waals surface area (Å²) in [6, 6.07) is 0.192. The van der Waals surface area contributed by atoms with Crippen molar-refractivity contribution in [1.82, 2.24) is 4.31 Å². The van der Waals surface area contributed by atoms with E-state index in [9.17, 15) is 8.42 Å². The number of alkyl halides is 1. The first kappa shape index (κ1) is 12.3. The van der Waals surface area contributed by atoms with Crippen molar-refractivity contribution in [1.29, 1.82) is 0 Å². The van der Waals surface area contributed by atoms with Crippen LogP contribution in [0.3, 0.4) is 0 Å². The molecule has 0 amide bonds. The molecule has 0 N–H and O–H groups in total. The normalized spacial score (nSPS) is 20.2. The van der Waals surface area contributed by atoms with E-state index >= 15 is 0 Å². The van der Waals surface area contributed by atoms with Gasteiger partial charge in [0, 0.05) is 12.6 Å². The van der Waals surface area contributed by atoms with Crippen molar-refractivity contribution in [3.05, 3.63) is 0 Å². The molecule has 0 aromatic heterocycles. The quantitative estimate of drug-likeness (QED) is 0.706. The fraction of sp³-hybridized carbons (Fsp3) is 1.00. The van der Waals surface area contributed by atoms with Crippen molar-refractivity contribution in [2.75, 3.05) is 11.8 Å². The summed E-state index contributed by atoms with van der Waals surface area (Å²) in [6.45, 7) is 2.42. The van der Waals surface area contributed by atoms with Crippen LogP contribution in [0.5, 0.6) is 0 Å². The van der Waals surface area contributed by atoms with E-state index in [0.29, 0.717) is 6.54 Å². The molecule has 84 valence electrons. The SMILES string of the molecule is CCN(C1CCCCC1)S(=O)(=O)CCl. The smallest absolute Gasteiger partial charge is 0.211 e. The second-order valence-electron chi connectivity index (χ2n) is 3.72. The molecule has 3 nitrogen and oxygen atoms in total. The number of rotatable bonds is 4. The van der Waals surface area contributed by atoms with Crippen molar-refractivity contribution in [3.8, 4) is 0 Å². The highest BCUT2D eigenvalue weighted by atomic mass is 35.5. The first-order chi connectivity index (χ1) is 6.61. The molecule has 0 unspecified atom stereocenters. The molecular weight excluding hydrogens is 222 g/mol. The number of hydrogen-bond donors (Lipinski definition) is 0. The molecule has 0 radical (unpaired) electrons. The van der Waals surface area contributed by atoms with Gasteiger partial charge in [-0.2, -0.15) is 4.31 Å². The third-order valence-electron chi connectivity index (χ3n) is 2.79. The van der Waals surface area contributed by atoms with Crippen molar-refractivity contribution in [2.24, 2.45) is 0 Å². The second kappa shape index (κ2) is 5.33. The summed E-state index contributed by atoms with van der Waals surface area (Å²) in [5.74, 6) is 0. The predicted octanol–water partition coefficient (Wildman–Crippen LogP) is 2.17. The fourth-order valence-electron chi connectivity index (χ4n) is 2.11. The molecule has 0 aliphatic heterocycles. The second-order valence-corrected chi connectivity index (χ2v) is 6.22. The maximum absolute atomic E-state index is 11.6. The topological polar surface area (TPSA) is 37.4 Å². The minimum absolute atomic E-state index is 0.192. The van der Waals surface area contributed by atoms with E-state index in [1.165, 1.54) is 6.42 Å². The van der Waals surface area contributed by atoms with Gasteiger partial charge in [-0.3, -0.25) is 0 Å². The van der Waals surface area contributed by atoms with Gasteiger partial charge >= 0.3 is 0 Å². The average molecular weight is 240 g/mol. The zero-order valence-corrected chi connectivity index (χ0v) is 10.1. The Kier molecular flexibility index (Phi) is 4.67. The minimum Gasteiger partial charge on any atom is -0.211 e. The van der Waals surface area contributed by atoms with Crippen molar-refractivity contribution in [2.45, 2.75) is 45.1 Å². The molecule has 5 heteroatoms. The average Bonchev–Trinajstić information content (AvgIpc) is 2.20. The highest BCUT2D eigenvalue weighted by molar-refractivity contribution is 7.90. The van der Waals surface area contributed by atoms with Crippen LogP contribution in [0.1, 0.15) is 39.0 Å². The molecule has 1 aliphatic rings. The Hall–Kier alpha value is 0.200. The molecule has 0 bridgehead atoms. The van der Waals surface area contributed by atoms with E-state index in [4.69, 9.17) is 11.6 Å². The summed E-state index contributed by atoms with van der Waals surface area (Å²) >= 11 is 5.46. The summed E-state index contributed by atoms with van der Waals surface area (Å²) in [7, 11) is -3.21. The van der Waals surface area contributed by atoms with Crippen LogP contribution in [0, 0.1) is 0 Å². The van der Waals surface area contributed by atoms with Crippen molar-refractivity contribution >= 4 is 21.6 Å². The van der Waals surface area contributed by atoms with Gasteiger partial charge in [0.05, 0.1) is 0 Å². The number of nitrogens with zero attached hydrogens (tertiary/aromatic N) is 1. The highest BCUT2D eigenvalue weighted by Crippen LogP contribution is 2.24. The largest absolute Gasteiger partial charge is 0.228 e. The Morgan fingerprint density at radius 1 is 1.29 bits per heavy atom. The molecule has 1 saturated carbocycles. The lowest BCUT2D eigenvalue weighted by Gasteiger charge is -2.31. The molecule has 1 fully saturated rings. The minimum atomic E-state index is -3.21. The van der Waals surface area contributed by atoms with Gasteiger partial charge in [0.15, 0.2) is 0 Å². The standard InChI is InChI=1S/C9H18ClNO2S/c1-2-11(14(12,13)8-10)9-6-4-3-5-7-9/h9H,2-8H2,1H3. The third kappa shape index (κ3) is 2.84. The van der Waals surface area contributed by atoms with E-state index in [1.807, 2.05) is 6.92 Å². The van der Waals surface area contributed by atoms with Gasteiger partial charge in [0.25, 0.3) is 0 Å². The summed E-state index contributed by atoms with van der Waals surface area (Å²) in [5.41, 5.74) is 0. The number of hydrogen-bond acceptors (Lipinski definition) is 2. The van der Waals surface area contributed by atoms with E-state index in [1.54, 1.807) is 4.31 Å². The lowest BCUT2D eigenvalue weighted by Crippen LogP contribution is -2.41. The Bertz CT molecular complexity index is 260. The van der Waals surface area contributed by atoms with E-state index < -0.39 is 10.0 Å². The molecule has 1 aliphatic carbocycles.